The van der Waals surface area contributed by atoms with Crippen molar-refractivity contribution in [1.29, 1.82) is 0 Å². The molecule has 0 aliphatic rings. The van der Waals surface area contributed by atoms with Crippen LogP contribution in [0.1, 0.15) is 13.8 Å². The lowest BCUT2D eigenvalue weighted by atomic mass is 10.3. The molecule has 0 bridgehead atoms. The van der Waals surface area contributed by atoms with Gasteiger partial charge in [0.25, 0.3) is 0 Å². The molecule has 1 amide bonds. The van der Waals surface area contributed by atoms with Crippen LogP contribution in [0.25, 0.3) is 0 Å². The van der Waals surface area contributed by atoms with Crippen LogP contribution < -0.4 is 10.6 Å². The van der Waals surface area contributed by atoms with Gasteiger partial charge in [0.1, 0.15) is 0 Å². The molecule has 2 rings (SSSR count). The number of hydrogen-bond donors (Lipinski definition) is 2. The second kappa shape index (κ2) is 9.16. The molecule has 0 fully saturated rings. The van der Waals surface area contributed by atoms with Gasteiger partial charge in [0.2, 0.25) is 15.9 Å². The zero-order chi connectivity index (χ0) is 19.2. The molecule has 26 heavy (non-hydrogen) atoms. The van der Waals surface area contributed by atoms with E-state index >= 15 is 0 Å². The lowest BCUT2D eigenvalue weighted by molar-refractivity contribution is -0.114. The monoisotopic (exact) mass is 439 g/mol. The first-order valence-electron chi connectivity index (χ1n) is 8.27. The zero-order valence-corrected chi connectivity index (χ0v) is 17.1. The van der Waals surface area contributed by atoms with Crippen molar-refractivity contribution in [2.45, 2.75) is 18.7 Å². The van der Waals surface area contributed by atoms with Crippen molar-refractivity contribution in [2.24, 2.45) is 0 Å². The fraction of sp³-hybridized carbons (Fsp3) is 0.278. The molecule has 6 nitrogen and oxygen atoms in total. The number of benzene rings is 2. The fourth-order valence-corrected chi connectivity index (χ4v) is 4.29. The molecule has 0 aliphatic heterocycles. The second-order valence-corrected chi connectivity index (χ2v) is 8.29. The maximum atomic E-state index is 12.4. The minimum absolute atomic E-state index is 0.0993. The Morgan fingerprint density at radius 2 is 1.65 bits per heavy atom. The average molecular weight is 440 g/mol. The molecule has 0 saturated heterocycles. The second-order valence-electron chi connectivity index (χ2n) is 5.50. The van der Waals surface area contributed by atoms with Gasteiger partial charge in [-0.1, -0.05) is 26.0 Å². The summed E-state index contributed by atoms with van der Waals surface area (Å²) in [6.07, 6.45) is 0. The van der Waals surface area contributed by atoms with Crippen LogP contribution in [0.3, 0.4) is 0 Å². The maximum absolute atomic E-state index is 12.4. The van der Waals surface area contributed by atoms with Gasteiger partial charge < -0.3 is 10.6 Å². The van der Waals surface area contributed by atoms with Crippen molar-refractivity contribution in [3.05, 3.63) is 53.0 Å². The van der Waals surface area contributed by atoms with Crippen LogP contribution in [0, 0.1) is 0 Å². The largest absolute Gasteiger partial charge is 0.375 e. The predicted octanol–water partition coefficient (Wildman–Crippen LogP) is 3.53. The van der Waals surface area contributed by atoms with Crippen molar-refractivity contribution in [2.75, 3.05) is 30.3 Å². The molecule has 0 aromatic heterocycles. The Kier molecular flexibility index (Phi) is 7.19. The maximum Gasteiger partial charge on any atom is 0.243 e. The molecule has 0 aliphatic carbocycles. The highest BCUT2D eigenvalue weighted by Gasteiger charge is 2.21. The highest BCUT2D eigenvalue weighted by Crippen LogP contribution is 2.21. The smallest absolute Gasteiger partial charge is 0.243 e. The first kappa shape index (κ1) is 20.4. The number of para-hydroxylation sites is 1. The molecule has 140 valence electrons. The first-order valence-corrected chi connectivity index (χ1v) is 10.5. The first-order chi connectivity index (χ1) is 12.4. The SMILES string of the molecule is CCN(CC)S(=O)(=O)c1ccc(NC(=O)CNc2ccccc2Br)cc1. The van der Waals surface area contributed by atoms with Crippen LogP contribution in [-0.2, 0) is 14.8 Å². The van der Waals surface area contributed by atoms with Crippen molar-refractivity contribution in [1.82, 2.24) is 4.31 Å². The zero-order valence-electron chi connectivity index (χ0n) is 14.7. The summed E-state index contributed by atoms with van der Waals surface area (Å²) in [6.45, 7) is 4.53. The van der Waals surface area contributed by atoms with Gasteiger partial charge in [-0.05, 0) is 52.3 Å². The van der Waals surface area contributed by atoms with E-state index in [4.69, 9.17) is 0 Å². The Labute approximate surface area is 162 Å². The van der Waals surface area contributed by atoms with Crippen LogP contribution >= 0.6 is 15.9 Å². The summed E-state index contributed by atoms with van der Waals surface area (Å²) in [5, 5.41) is 5.78. The summed E-state index contributed by atoms with van der Waals surface area (Å²) in [4.78, 5) is 12.3. The van der Waals surface area contributed by atoms with Gasteiger partial charge >= 0.3 is 0 Å². The third kappa shape index (κ3) is 5.06. The molecular weight excluding hydrogens is 418 g/mol. The van der Waals surface area contributed by atoms with Crippen molar-refractivity contribution >= 4 is 43.2 Å². The van der Waals surface area contributed by atoms with E-state index in [1.54, 1.807) is 26.0 Å². The van der Waals surface area contributed by atoms with Gasteiger partial charge in [-0.25, -0.2) is 8.42 Å². The normalized spacial score (nSPS) is 11.4. The van der Waals surface area contributed by atoms with Gasteiger partial charge in [-0.3, -0.25) is 4.79 Å². The van der Waals surface area contributed by atoms with E-state index in [-0.39, 0.29) is 17.3 Å². The molecular formula is C18H22BrN3O3S. The predicted molar refractivity (Wildman–Crippen MR) is 108 cm³/mol. The number of carbonyl (C=O) groups is 1. The Morgan fingerprint density at radius 1 is 1.04 bits per heavy atom. The van der Waals surface area contributed by atoms with Crippen LogP contribution in [0.2, 0.25) is 0 Å². The molecule has 0 saturated carbocycles. The van der Waals surface area contributed by atoms with Crippen LogP contribution in [-0.4, -0.2) is 38.3 Å². The van der Waals surface area contributed by atoms with E-state index in [0.717, 1.165) is 10.2 Å². The number of carbonyl (C=O) groups excluding carboxylic acids is 1. The molecule has 0 atom stereocenters. The Balaban J connectivity index is 1.98. The number of rotatable bonds is 8. The number of hydrogen-bond acceptors (Lipinski definition) is 4. The van der Waals surface area contributed by atoms with E-state index in [1.165, 1.54) is 16.4 Å². The average Bonchev–Trinajstić information content (AvgIpc) is 2.62. The van der Waals surface area contributed by atoms with Crippen LogP contribution in [0.15, 0.2) is 57.9 Å². The number of nitrogens with zero attached hydrogens (tertiary/aromatic N) is 1. The molecule has 0 radical (unpaired) electrons. The van der Waals surface area contributed by atoms with Gasteiger partial charge in [0.15, 0.2) is 0 Å². The van der Waals surface area contributed by atoms with E-state index in [2.05, 4.69) is 26.6 Å². The molecule has 0 spiro atoms. The Morgan fingerprint density at radius 3 is 2.23 bits per heavy atom. The minimum atomic E-state index is -3.49. The van der Waals surface area contributed by atoms with Gasteiger partial charge in [-0.15, -0.1) is 0 Å². The third-order valence-corrected chi connectivity index (χ3v) is 6.55. The summed E-state index contributed by atoms with van der Waals surface area (Å²) in [5.74, 6) is -0.222. The van der Waals surface area contributed by atoms with Crippen molar-refractivity contribution in [3.63, 3.8) is 0 Å². The molecule has 0 unspecified atom stereocenters. The van der Waals surface area contributed by atoms with Gasteiger partial charge in [0.05, 0.1) is 11.4 Å². The van der Waals surface area contributed by atoms with E-state index in [1.807, 2.05) is 24.3 Å². The lowest BCUT2D eigenvalue weighted by Crippen LogP contribution is -2.30. The van der Waals surface area contributed by atoms with Crippen molar-refractivity contribution in [3.8, 4) is 0 Å². The standard InChI is InChI=1S/C18H22BrN3O3S/c1-3-22(4-2)26(24,25)15-11-9-14(10-12-15)21-18(23)13-20-17-8-6-5-7-16(17)19/h5-12,20H,3-4,13H2,1-2H3,(H,21,23). The summed E-state index contributed by atoms with van der Waals surface area (Å²) in [5.41, 5.74) is 1.37. The highest BCUT2D eigenvalue weighted by molar-refractivity contribution is 9.10. The topological polar surface area (TPSA) is 78.5 Å². The number of nitrogens with one attached hydrogen (secondary N) is 2. The van der Waals surface area contributed by atoms with Gasteiger partial charge in [0, 0.05) is 28.9 Å². The summed E-state index contributed by atoms with van der Waals surface area (Å²) in [6, 6.07) is 13.7. The summed E-state index contributed by atoms with van der Waals surface area (Å²) >= 11 is 3.41. The van der Waals surface area contributed by atoms with E-state index in [0.29, 0.717) is 18.8 Å². The van der Waals surface area contributed by atoms with Crippen LogP contribution in [0.4, 0.5) is 11.4 Å². The van der Waals surface area contributed by atoms with E-state index < -0.39 is 10.0 Å². The Hall–Kier alpha value is -1.90. The summed E-state index contributed by atoms with van der Waals surface area (Å²) < 4.78 is 27.2. The number of sulfonamides is 1. The fourth-order valence-electron chi connectivity index (χ4n) is 2.41. The van der Waals surface area contributed by atoms with E-state index in [9.17, 15) is 13.2 Å². The van der Waals surface area contributed by atoms with Crippen molar-refractivity contribution < 1.29 is 13.2 Å². The minimum Gasteiger partial charge on any atom is -0.375 e. The number of amides is 1. The molecule has 0 heterocycles. The molecule has 2 N–H and O–H groups in total. The molecule has 2 aromatic carbocycles. The number of halogens is 1. The van der Waals surface area contributed by atoms with Crippen LogP contribution in [0.5, 0.6) is 0 Å². The highest BCUT2D eigenvalue weighted by atomic mass is 79.9. The number of anilines is 2. The lowest BCUT2D eigenvalue weighted by Gasteiger charge is -2.18. The molecule has 2 aromatic rings. The third-order valence-electron chi connectivity index (χ3n) is 3.79. The molecule has 8 heteroatoms. The quantitative estimate of drug-likeness (QED) is 0.659. The Bertz CT molecular complexity index is 850. The summed E-state index contributed by atoms with van der Waals surface area (Å²) in [7, 11) is -3.49. The van der Waals surface area contributed by atoms with Gasteiger partial charge in [-0.2, -0.15) is 4.31 Å².